The third-order valence-electron chi connectivity index (χ3n) is 3.89. The second kappa shape index (κ2) is 6.52. The molecule has 0 fully saturated rings. The number of nitrogens with one attached hydrogen (secondary N) is 1. The molecule has 1 aliphatic heterocycles. The van der Waals surface area contributed by atoms with Crippen LogP contribution >= 0.6 is 0 Å². The molecule has 0 amide bonds. The Kier molecular flexibility index (Phi) is 4.28. The van der Waals surface area contributed by atoms with Crippen LogP contribution in [0, 0.1) is 0 Å². The lowest BCUT2D eigenvalue weighted by atomic mass is 9.97. The van der Waals surface area contributed by atoms with Gasteiger partial charge < -0.3 is 14.8 Å². The summed E-state index contributed by atoms with van der Waals surface area (Å²) >= 11 is 0. The van der Waals surface area contributed by atoms with Gasteiger partial charge in [-0.25, -0.2) is 0 Å². The first-order valence-corrected chi connectivity index (χ1v) is 7.38. The van der Waals surface area contributed by atoms with E-state index in [9.17, 15) is 0 Å². The Labute approximate surface area is 135 Å². The zero-order valence-electron chi connectivity index (χ0n) is 13.5. The molecule has 0 atom stereocenters. The Morgan fingerprint density at radius 2 is 1.78 bits per heavy atom. The van der Waals surface area contributed by atoms with Gasteiger partial charge in [0.1, 0.15) is 0 Å². The van der Waals surface area contributed by atoms with Gasteiger partial charge in [0.15, 0.2) is 11.5 Å². The largest absolute Gasteiger partial charge is 0.493 e. The minimum atomic E-state index is 0.675. The van der Waals surface area contributed by atoms with E-state index in [0.717, 1.165) is 28.1 Å². The lowest BCUT2D eigenvalue weighted by Gasteiger charge is -2.13. The van der Waals surface area contributed by atoms with Gasteiger partial charge in [0, 0.05) is 30.3 Å². The maximum absolute atomic E-state index is 5.41. The Hall–Kier alpha value is -2.82. The highest BCUT2D eigenvalue weighted by molar-refractivity contribution is 6.07. The smallest absolute Gasteiger partial charge is 0.161 e. The SMILES string of the molecule is CNc1ccccc1C1=NN=Cc2cc(OC)c(OC)cc2C1. The van der Waals surface area contributed by atoms with Crippen LogP contribution < -0.4 is 14.8 Å². The number of nitrogens with zero attached hydrogens (tertiary/aromatic N) is 2. The number of hydrogen-bond acceptors (Lipinski definition) is 5. The lowest BCUT2D eigenvalue weighted by molar-refractivity contribution is 0.354. The molecule has 0 unspecified atom stereocenters. The van der Waals surface area contributed by atoms with Crippen LogP contribution in [0.5, 0.6) is 11.5 Å². The van der Waals surface area contributed by atoms with Crippen LogP contribution in [0.15, 0.2) is 46.6 Å². The molecular weight excluding hydrogens is 290 g/mol. The van der Waals surface area contributed by atoms with Gasteiger partial charge in [0.05, 0.1) is 26.1 Å². The van der Waals surface area contributed by atoms with Crippen molar-refractivity contribution in [2.45, 2.75) is 6.42 Å². The first-order chi connectivity index (χ1) is 11.3. The fourth-order valence-corrected chi connectivity index (χ4v) is 2.69. The molecule has 0 saturated carbocycles. The third kappa shape index (κ3) is 2.90. The summed E-state index contributed by atoms with van der Waals surface area (Å²) in [5.41, 5.74) is 5.09. The number of methoxy groups -OCH3 is 2. The Morgan fingerprint density at radius 3 is 2.52 bits per heavy atom. The minimum Gasteiger partial charge on any atom is -0.493 e. The number of rotatable bonds is 4. The number of fused-ring (bicyclic) bond motifs is 1. The zero-order valence-corrected chi connectivity index (χ0v) is 13.5. The van der Waals surface area contributed by atoms with E-state index in [4.69, 9.17) is 9.47 Å². The lowest BCUT2D eigenvalue weighted by Crippen LogP contribution is -2.09. The summed E-state index contributed by atoms with van der Waals surface area (Å²) in [7, 11) is 5.17. The highest BCUT2D eigenvalue weighted by atomic mass is 16.5. The van der Waals surface area contributed by atoms with Crippen LogP contribution in [-0.4, -0.2) is 33.2 Å². The van der Waals surface area contributed by atoms with Crippen LogP contribution in [0.4, 0.5) is 5.69 Å². The molecular formula is C18H19N3O2. The van der Waals surface area contributed by atoms with Gasteiger partial charge in [-0.15, -0.1) is 0 Å². The monoisotopic (exact) mass is 309 g/mol. The van der Waals surface area contributed by atoms with Gasteiger partial charge >= 0.3 is 0 Å². The van der Waals surface area contributed by atoms with E-state index in [0.29, 0.717) is 17.9 Å². The highest BCUT2D eigenvalue weighted by Gasteiger charge is 2.17. The molecule has 118 valence electrons. The van der Waals surface area contributed by atoms with Crippen molar-refractivity contribution in [3.8, 4) is 11.5 Å². The van der Waals surface area contributed by atoms with E-state index < -0.39 is 0 Å². The van der Waals surface area contributed by atoms with E-state index >= 15 is 0 Å². The fourth-order valence-electron chi connectivity index (χ4n) is 2.69. The van der Waals surface area contributed by atoms with Crippen molar-refractivity contribution in [1.82, 2.24) is 0 Å². The summed E-state index contributed by atoms with van der Waals surface area (Å²) in [5.74, 6) is 1.40. The van der Waals surface area contributed by atoms with Crippen molar-refractivity contribution < 1.29 is 9.47 Å². The molecule has 5 heteroatoms. The Morgan fingerprint density at radius 1 is 1.04 bits per heavy atom. The molecule has 0 bridgehead atoms. The molecule has 5 nitrogen and oxygen atoms in total. The van der Waals surface area contributed by atoms with E-state index in [-0.39, 0.29) is 0 Å². The van der Waals surface area contributed by atoms with E-state index in [1.807, 2.05) is 43.4 Å². The molecule has 2 aromatic rings. The maximum atomic E-state index is 5.41. The number of ether oxygens (including phenoxy) is 2. The average molecular weight is 309 g/mol. The summed E-state index contributed by atoms with van der Waals surface area (Å²) in [6, 6.07) is 12.0. The van der Waals surface area contributed by atoms with Crippen LogP contribution in [0.3, 0.4) is 0 Å². The van der Waals surface area contributed by atoms with Gasteiger partial charge in [0.25, 0.3) is 0 Å². The standard InChI is InChI=1S/C18H19N3O2/c1-19-15-7-5-4-6-14(15)16-8-12-9-17(22-2)18(23-3)10-13(12)11-20-21-16/h4-7,9-11,19H,8H2,1-3H3. The summed E-state index contributed by atoms with van der Waals surface area (Å²) < 4.78 is 10.8. The second-order valence-electron chi connectivity index (χ2n) is 5.17. The summed E-state index contributed by atoms with van der Waals surface area (Å²) in [5, 5.41) is 11.8. The van der Waals surface area contributed by atoms with Crippen LogP contribution in [0.2, 0.25) is 0 Å². The van der Waals surface area contributed by atoms with Crippen molar-refractivity contribution >= 4 is 17.6 Å². The zero-order chi connectivity index (χ0) is 16.2. The molecule has 1 aliphatic rings. The molecule has 1 N–H and O–H groups in total. The Balaban J connectivity index is 2.04. The minimum absolute atomic E-state index is 0.675. The molecule has 0 aromatic heterocycles. The van der Waals surface area contributed by atoms with E-state index in [1.165, 1.54) is 0 Å². The molecule has 0 radical (unpaired) electrons. The van der Waals surface area contributed by atoms with Gasteiger partial charge in [0.2, 0.25) is 0 Å². The van der Waals surface area contributed by atoms with E-state index in [1.54, 1.807) is 20.4 Å². The molecule has 2 aromatic carbocycles. The molecule has 0 aliphatic carbocycles. The van der Waals surface area contributed by atoms with Gasteiger partial charge in [-0.1, -0.05) is 18.2 Å². The quantitative estimate of drug-likeness (QED) is 0.944. The first kappa shape index (κ1) is 15.1. The summed E-state index contributed by atoms with van der Waals surface area (Å²) in [6.45, 7) is 0. The normalized spacial score (nSPS) is 12.9. The Bertz CT molecular complexity index is 782. The number of anilines is 1. The summed E-state index contributed by atoms with van der Waals surface area (Å²) in [6.07, 6.45) is 2.43. The van der Waals surface area contributed by atoms with Gasteiger partial charge in [-0.2, -0.15) is 10.2 Å². The predicted molar refractivity (Wildman–Crippen MR) is 93.4 cm³/mol. The van der Waals surface area contributed by atoms with Crippen molar-refractivity contribution in [2.24, 2.45) is 10.2 Å². The van der Waals surface area contributed by atoms with Crippen molar-refractivity contribution in [3.63, 3.8) is 0 Å². The highest BCUT2D eigenvalue weighted by Crippen LogP contribution is 2.31. The molecule has 1 heterocycles. The third-order valence-corrected chi connectivity index (χ3v) is 3.89. The van der Waals surface area contributed by atoms with Crippen molar-refractivity contribution in [3.05, 3.63) is 53.1 Å². The fraction of sp³-hybridized carbons (Fsp3) is 0.222. The number of hydrogen-bond donors (Lipinski definition) is 1. The van der Waals surface area contributed by atoms with Crippen molar-refractivity contribution in [2.75, 3.05) is 26.6 Å². The predicted octanol–water partition coefficient (Wildman–Crippen LogP) is 3.12. The van der Waals surface area contributed by atoms with Gasteiger partial charge in [-0.05, 0) is 23.8 Å². The summed E-state index contributed by atoms with van der Waals surface area (Å²) in [4.78, 5) is 0. The molecule has 0 saturated heterocycles. The maximum Gasteiger partial charge on any atom is 0.161 e. The molecule has 0 spiro atoms. The van der Waals surface area contributed by atoms with E-state index in [2.05, 4.69) is 15.5 Å². The van der Waals surface area contributed by atoms with Crippen LogP contribution in [0.25, 0.3) is 0 Å². The number of para-hydroxylation sites is 1. The molecule has 23 heavy (non-hydrogen) atoms. The number of benzene rings is 2. The second-order valence-corrected chi connectivity index (χ2v) is 5.17. The topological polar surface area (TPSA) is 55.2 Å². The molecule has 3 rings (SSSR count). The van der Waals surface area contributed by atoms with Crippen LogP contribution in [0.1, 0.15) is 16.7 Å². The van der Waals surface area contributed by atoms with Crippen LogP contribution in [-0.2, 0) is 6.42 Å². The van der Waals surface area contributed by atoms with Gasteiger partial charge in [-0.3, -0.25) is 0 Å². The average Bonchev–Trinajstić information content (AvgIpc) is 2.81. The first-order valence-electron chi connectivity index (χ1n) is 7.38. The van der Waals surface area contributed by atoms with Crippen molar-refractivity contribution in [1.29, 1.82) is 0 Å².